The highest BCUT2D eigenvalue weighted by molar-refractivity contribution is 6.34. The van der Waals surface area contributed by atoms with Crippen LogP contribution in [0.25, 0.3) is 0 Å². The molecule has 0 bridgehead atoms. The summed E-state index contributed by atoms with van der Waals surface area (Å²) in [5.74, 6) is -7.96. The minimum Gasteiger partial charge on any atom is -0.481 e. The molecule has 0 amide bonds. The summed E-state index contributed by atoms with van der Waals surface area (Å²) in [5, 5.41) is 64.1. The number of ether oxygens (including phenoxy) is 8. The van der Waals surface area contributed by atoms with Crippen molar-refractivity contribution >= 4 is 52.5 Å². The number of carboxylic acid groups (broad SMARTS) is 1. The van der Waals surface area contributed by atoms with E-state index in [1.165, 1.54) is 35.0 Å². The molecule has 0 spiro atoms. The highest BCUT2D eigenvalue weighted by Gasteiger charge is 2.55. The van der Waals surface area contributed by atoms with Crippen LogP contribution in [0.15, 0.2) is 12.1 Å². The first-order valence-corrected chi connectivity index (χ1v) is 28.3. The lowest BCUT2D eigenvalue weighted by Crippen LogP contribution is -2.61. The Hall–Kier alpha value is -3.62. The minimum atomic E-state index is -2.08. The number of aliphatic hydroxyl groups is 4. The van der Waals surface area contributed by atoms with E-state index in [0.717, 1.165) is 18.5 Å². The standard InChI is InChI=1S/C56H89ClN4O18/c1-14-40-56(9,71)49(68)29(3)45(65)28(2)25-54(7,70)50(79-53-47(67)39(60(10)11)24-43(72-12)78-53)30(4)48(31(5)52(69)75-40)77-44-26-55(8,73-13)51(32(6)74-44)76-42(64)17-18-58-19-20-59-37-22-35-38(23-36(37)57)61(34-15-16-34)27-33(46(35)66)21-41(62)63/h22-23,28-34,39-40,43-44,47-51,53,58-59,67-68,70-71H,14-21,24-27H2,1-13H3,(H,62,63)/t28-,29+,30+,31-,32+,33?,39+,40-,43+,44?,47-,48+,49-,50-,51+,53?,54-,55-,56-/m1/s1. The molecule has 0 aromatic heterocycles. The van der Waals surface area contributed by atoms with Crippen LogP contribution in [0.3, 0.4) is 0 Å². The maximum Gasteiger partial charge on any atom is 0.311 e. The first kappa shape index (κ1) is 64.5. The van der Waals surface area contributed by atoms with Crippen LogP contribution in [0, 0.1) is 29.6 Å². The number of cyclic esters (lactones) is 1. The van der Waals surface area contributed by atoms with E-state index in [0.29, 0.717) is 42.3 Å². The number of aliphatic hydroxyl groups excluding tert-OH is 2. The van der Waals surface area contributed by atoms with Crippen molar-refractivity contribution in [3.63, 3.8) is 0 Å². The molecule has 3 saturated heterocycles. The monoisotopic (exact) mass is 1140 g/mol. The normalized spacial score (nSPS) is 38.9. The van der Waals surface area contributed by atoms with Crippen molar-refractivity contribution < 1.29 is 87.4 Å². The van der Waals surface area contributed by atoms with Crippen LogP contribution >= 0.6 is 11.6 Å². The third-order valence-corrected chi connectivity index (χ3v) is 17.4. The van der Waals surface area contributed by atoms with Crippen molar-refractivity contribution in [1.82, 2.24) is 10.2 Å². The zero-order valence-electron chi connectivity index (χ0n) is 48.3. The Morgan fingerprint density at radius 1 is 0.911 bits per heavy atom. The number of methoxy groups -OCH3 is 2. The molecule has 3 unspecified atom stereocenters. The molecule has 1 aromatic rings. The van der Waals surface area contributed by atoms with E-state index >= 15 is 0 Å². The molecule has 0 radical (unpaired) electrons. The lowest BCUT2D eigenvalue weighted by molar-refractivity contribution is -0.340. The van der Waals surface area contributed by atoms with Gasteiger partial charge in [-0.3, -0.25) is 24.0 Å². The SMILES string of the molecule is CC[C@H]1OC(=O)[C@H](C)[C@@H](OC2C[C@@](C)(OC)[C@@H](OC(=O)CCNCCNc3cc4c(cc3Cl)N(C3CC3)CC(CC(=O)O)C4=O)[C@H](C)O2)[C@H](C)[C@@H](OC2O[C@H](OC)C[C@H](N(C)C)[C@H]2O)[C@](C)(O)C[C@@H](C)C(=O)[C@H](C)[C@@H](O)[C@]1(C)O. The fourth-order valence-corrected chi connectivity index (χ4v) is 12.4. The van der Waals surface area contributed by atoms with Gasteiger partial charge in [0.1, 0.15) is 29.2 Å². The van der Waals surface area contributed by atoms with Gasteiger partial charge < -0.3 is 83.9 Å². The Kier molecular flexibility index (Phi) is 21.8. The molecule has 1 aromatic carbocycles. The summed E-state index contributed by atoms with van der Waals surface area (Å²) in [4.78, 5) is 71.0. The fourth-order valence-electron chi connectivity index (χ4n) is 12.2. The van der Waals surface area contributed by atoms with E-state index in [4.69, 9.17) is 49.5 Å². The maximum absolute atomic E-state index is 14.5. The number of esters is 2. The van der Waals surface area contributed by atoms with Gasteiger partial charge in [-0.15, -0.1) is 0 Å². The van der Waals surface area contributed by atoms with Crippen molar-refractivity contribution in [1.29, 1.82) is 0 Å². The van der Waals surface area contributed by atoms with E-state index in [9.17, 15) is 49.5 Å². The number of nitrogens with one attached hydrogen (secondary N) is 2. The summed E-state index contributed by atoms with van der Waals surface area (Å²) >= 11 is 6.69. The number of aliphatic carboxylic acids is 1. The number of hydrogen-bond acceptors (Lipinski definition) is 21. The Labute approximate surface area is 469 Å². The topological polar surface area (TPSA) is 291 Å². The van der Waals surface area contributed by atoms with Crippen molar-refractivity contribution in [2.24, 2.45) is 29.6 Å². The van der Waals surface area contributed by atoms with E-state index < -0.39 is 138 Å². The molecule has 1 saturated carbocycles. The molecule has 448 valence electrons. The number of carboxylic acids is 1. The number of nitrogens with zero attached hydrogens (tertiary/aromatic N) is 2. The van der Waals surface area contributed by atoms with Crippen LogP contribution in [0.4, 0.5) is 11.4 Å². The summed E-state index contributed by atoms with van der Waals surface area (Å²) in [6.07, 6.45) is -10.1. The van der Waals surface area contributed by atoms with Gasteiger partial charge in [0.15, 0.2) is 30.8 Å². The number of carbonyl (C=O) groups is 5. The predicted octanol–water partition coefficient (Wildman–Crippen LogP) is 3.92. The minimum absolute atomic E-state index is 0.0227. The third-order valence-electron chi connectivity index (χ3n) is 17.1. The number of rotatable bonds is 19. The average molecular weight is 1140 g/mol. The molecular weight excluding hydrogens is 1050 g/mol. The first-order valence-electron chi connectivity index (χ1n) is 27.9. The Morgan fingerprint density at radius 2 is 1.59 bits per heavy atom. The van der Waals surface area contributed by atoms with Crippen LogP contribution < -0.4 is 15.5 Å². The molecule has 4 aliphatic heterocycles. The Bertz CT molecular complexity index is 2290. The molecule has 6 rings (SSSR count). The van der Waals surface area contributed by atoms with Crippen LogP contribution in [-0.2, 0) is 57.1 Å². The van der Waals surface area contributed by atoms with Gasteiger partial charge in [0.2, 0.25) is 0 Å². The third kappa shape index (κ3) is 15.0. The van der Waals surface area contributed by atoms with E-state index in [2.05, 4.69) is 15.5 Å². The van der Waals surface area contributed by atoms with Crippen LogP contribution in [0.2, 0.25) is 5.02 Å². The molecule has 1 aliphatic carbocycles. The highest BCUT2D eigenvalue weighted by Crippen LogP contribution is 2.44. The first-order chi connectivity index (χ1) is 37.0. The van der Waals surface area contributed by atoms with Crippen molar-refractivity contribution in [2.75, 3.05) is 64.7 Å². The molecule has 5 aliphatic rings. The summed E-state index contributed by atoms with van der Waals surface area (Å²) in [6, 6.07) is 3.20. The molecule has 22 nitrogen and oxygen atoms in total. The van der Waals surface area contributed by atoms with Gasteiger partial charge in [0.25, 0.3) is 0 Å². The smallest absolute Gasteiger partial charge is 0.311 e. The summed E-state index contributed by atoms with van der Waals surface area (Å²) in [7, 11) is 6.51. The molecule has 7 N–H and O–H groups in total. The average Bonchev–Trinajstić information content (AvgIpc) is 4.47. The second-order valence-corrected chi connectivity index (χ2v) is 24.0. The van der Waals surface area contributed by atoms with Crippen molar-refractivity contribution in [3.05, 3.63) is 22.7 Å². The Balaban J connectivity index is 1.16. The second-order valence-electron chi connectivity index (χ2n) is 23.6. The van der Waals surface area contributed by atoms with Crippen LogP contribution in [0.5, 0.6) is 0 Å². The number of anilines is 2. The summed E-state index contributed by atoms with van der Waals surface area (Å²) in [6.45, 7) is 15.6. The molecule has 23 heteroatoms. The molecule has 4 heterocycles. The lowest BCUT2D eigenvalue weighted by atomic mass is 9.74. The van der Waals surface area contributed by atoms with Gasteiger partial charge in [0, 0.05) is 94.3 Å². The zero-order valence-corrected chi connectivity index (χ0v) is 49.0. The molecule has 79 heavy (non-hydrogen) atoms. The fraction of sp³-hybridized carbons (Fsp3) is 0.804. The van der Waals surface area contributed by atoms with E-state index in [-0.39, 0.29) is 50.5 Å². The summed E-state index contributed by atoms with van der Waals surface area (Å²) < 4.78 is 49.9. The van der Waals surface area contributed by atoms with Crippen molar-refractivity contribution in [2.45, 2.75) is 204 Å². The van der Waals surface area contributed by atoms with Gasteiger partial charge in [-0.2, -0.15) is 0 Å². The van der Waals surface area contributed by atoms with E-state index in [1.54, 1.807) is 67.8 Å². The van der Waals surface area contributed by atoms with Crippen LogP contribution in [-0.4, -0.2) is 205 Å². The van der Waals surface area contributed by atoms with Crippen molar-refractivity contribution in [3.8, 4) is 0 Å². The zero-order chi connectivity index (χ0) is 58.6. The van der Waals surface area contributed by atoms with Gasteiger partial charge in [-0.25, -0.2) is 0 Å². The maximum atomic E-state index is 14.5. The number of carbonyl (C=O) groups excluding carboxylic acids is 4. The van der Waals surface area contributed by atoms with Gasteiger partial charge in [-0.05, 0) is 86.5 Å². The number of hydrogen-bond donors (Lipinski definition) is 7. The number of likely N-dealkylation sites (N-methyl/N-ethyl adjacent to an activating group) is 1. The highest BCUT2D eigenvalue weighted by atomic mass is 35.5. The quantitative estimate of drug-likeness (QED) is 0.0763. The number of Topliss-reactive ketones (excluding diaryl/α,β-unsaturated/α-hetero) is 2. The predicted molar refractivity (Wildman–Crippen MR) is 289 cm³/mol. The van der Waals surface area contributed by atoms with Gasteiger partial charge >= 0.3 is 17.9 Å². The van der Waals surface area contributed by atoms with Gasteiger partial charge in [-0.1, -0.05) is 39.3 Å². The van der Waals surface area contributed by atoms with Gasteiger partial charge in [0.05, 0.1) is 65.4 Å². The number of benzene rings is 1. The number of halogens is 1. The summed E-state index contributed by atoms with van der Waals surface area (Å²) in [5.41, 5.74) is -3.52. The van der Waals surface area contributed by atoms with E-state index in [1.807, 2.05) is 4.90 Å². The molecule has 4 fully saturated rings. The Morgan fingerprint density at radius 3 is 2.20 bits per heavy atom. The molecule has 19 atom stereocenters. The second kappa shape index (κ2) is 26.7. The largest absolute Gasteiger partial charge is 0.481 e. The number of fused-ring (bicyclic) bond motifs is 1. The molecular formula is C56H89ClN4O18. The lowest BCUT2D eigenvalue weighted by Gasteiger charge is -2.49. The van der Waals surface area contributed by atoms with Crippen LogP contribution in [0.1, 0.15) is 124 Å². The number of ketones is 2.